The van der Waals surface area contributed by atoms with Crippen LogP contribution in [0, 0.1) is 11.8 Å². The van der Waals surface area contributed by atoms with Crippen molar-refractivity contribution in [2.24, 2.45) is 11.8 Å². The predicted molar refractivity (Wildman–Crippen MR) is 69.4 cm³/mol. The van der Waals surface area contributed by atoms with Crippen molar-refractivity contribution in [3.05, 3.63) is 0 Å². The van der Waals surface area contributed by atoms with E-state index in [-0.39, 0.29) is 18.6 Å². The predicted octanol–water partition coefficient (Wildman–Crippen LogP) is 1.98. The average Bonchev–Trinajstić information content (AvgIpc) is 2.52. The lowest BCUT2D eigenvalue weighted by atomic mass is 9.97. The van der Waals surface area contributed by atoms with Gasteiger partial charge in [0, 0.05) is 12.6 Å². The minimum absolute atomic E-state index is 0.169. The minimum atomic E-state index is -0.891. The van der Waals surface area contributed by atoms with Gasteiger partial charge in [-0.05, 0) is 18.8 Å². The van der Waals surface area contributed by atoms with Gasteiger partial charge in [0.05, 0.1) is 5.92 Å². The molecule has 0 aromatic rings. The number of carbonyl (C=O) groups excluding carboxylic acids is 1. The summed E-state index contributed by atoms with van der Waals surface area (Å²) >= 11 is 0. The summed E-state index contributed by atoms with van der Waals surface area (Å²) in [7, 11) is 0. The van der Waals surface area contributed by atoms with Crippen molar-refractivity contribution in [2.75, 3.05) is 6.54 Å². The van der Waals surface area contributed by atoms with Gasteiger partial charge in [-0.1, -0.05) is 33.1 Å². The minimum Gasteiger partial charge on any atom is -0.481 e. The SMILES string of the molecule is CC(CNC(=O)NC1CCCCCC1C)C(=O)O. The van der Waals surface area contributed by atoms with Gasteiger partial charge >= 0.3 is 12.0 Å². The fourth-order valence-corrected chi connectivity index (χ4v) is 2.26. The van der Waals surface area contributed by atoms with Crippen LogP contribution in [0.15, 0.2) is 0 Å². The fraction of sp³-hybridized carbons (Fsp3) is 0.846. The van der Waals surface area contributed by atoms with E-state index in [9.17, 15) is 9.59 Å². The molecule has 1 rings (SSSR count). The van der Waals surface area contributed by atoms with Gasteiger partial charge in [-0.2, -0.15) is 0 Å². The van der Waals surface area contributed by atoms with E-state index in [2.05, 4.69) is 17.6 Å². The maximum absolute atomic E-state index is 11.7. The van der Waals surface area contributed by atoms with Crippen LogP contribution in [0.25, 0.3) is 0 Å². The molecule has 3 unspecified atom stereocenters. The van der Waals surface area contributed by atoms with Crippen molar-refractivity contribution >= 4 is 12.0 Å². The van der Waals surface area contributed by atoms with Crippen LogP contribution in [-0.2, 0) is 4.79 Å². The summed E-state index contributed by atoms with van der Waals surface area (Å²) in [6, 6.07) is -0.0329. The molecule has 1 aliphatic carbocycles. The molecule has 0 aromatic carbocycles. The Bertz CT molecular complexity index is 294. The number of urea groups is 1. The zero-order chi connectivity index (χ0) is 13.5. The topological polar surface area (TPSA) is 78.4 Å². The van der Waals surface area contributed by atoms with Crippen molar-refractivity contribution in [1.82, 2.24) is 10.6 Å². The highest BCUT2D eigenvalue weighted by Gasteiger charge is 2.21. The van der Waals surface area contributed by atoms with Crippen LogP contribution < -0.4 is 10.6 Å². The van der Waals surface area contributed by atoms with Gasteiger partial charge in [0.1, 0.15) is 0 Å². The van der Waals surface area contributed by atoms with Gasteiger partial charge in [-0.25, -0.2) is 4.79 Å². The lowest BCUT2D eigenvalue weighted by molar-refractivity contribution is -0.140. The number of hydrogen-bond acceptors (Lipinski definition) is 2. The molecule has 1 fully saturated rings. The number of carboxylic acids is 1. The second-order valence-electron chi connectivity index (χ2n) is 5.32. The molecule has 5 heteroatoms. The Morgan fingerprint density at radius 1 is 1.28 bits per heavy atom. The van der Waals surface area contributed by atoms with Crippen molar-refractivity contribution in [3.8, 4) is 0 Å². The van der Waals surface area contributed by atoms with Crippen molar-refractivity contribution in [2.45, 2.75) is 52.0 Å². The van der Waals surface area contributed by atoms with Crippen LogP contribution in [0.3, 0.4) is 0 Å². The summed E-state index contributed by atoms with van der Waals surface area (Å²) in [5, 5.41) is 14.3. The molecule has 0 heterocycles. The molecule has 104 valence electrons. The van der Waals surface area contributed by atoms with Crippen LogP contribution in [0.5, 0.6) is 0 Å². The number of carbonyl (C=O) groups is 2. The normalized spacial score (nSPS) is 25.9. The Kier molecular flexibility index (Phi) is 5.95. The number of nitrogens with one attached hydrogen (secondary N) is 2. The first-order chi connectivity index (χ1) is 8.50. The van der Waals surface area contributed by atoms with E-state index >= 15 is 0 Å². The molecule has 1 aliphatic rings. The Balaban J connectivity index is 2.32. The number of amides is 2. The molecule has 5 nitrogen and oxygen atoms in total. The molecule has 1 saturated carbocycles. The largest absolute Gasteiger partial charge is 0.481 e. The third-order valence-electron chi connectivity index (χ3n) is 3.67. The molecular formula is C13H24N2O3. The van der Waals surface area contributed by atoms with E-state index in [0.717, 1.165) is 19.3 Å². The monoisotopic (exact) mass is 256 g/mol. The van der Waals surface area contributed by atoms with Crippen LogP contribution in [-0.4, -0.2) is 29.7 Å². The highest BCUT2D eigenvalue weighted by Crippen LogP contribution is 2.22. The fourth-order valence-electron chi connectivity index (χ4n) is 2.26. The standard InChI is InChI=1S/C13H24N2O3/c1-9-6-4-3-5-7-11(9)15-13(18)14-8-10(2)12(16)17/h9-11H,3-8H2,1-2H3,(H,16,17)(H2,14,15,18). The van der Waals surface area contributed by atoms with Crippen LogP contribution in [0.2, 0.25) is 0 Å². The molecule has 18 heavy (non-hydrogen) atoms. The van der Waals surface area contributed by atoms with E-state index in [0.29, 0.717) is 5.92 Å². The lowest BCUT2D eigenvalue weighted by Crippen LogP contribution is -2.46. The molecule has 3 atom stereocenters. The summed E-state index contributed by atoms with van der Waals surface area (Å²) in [5.41, 5.74) is 0. The Morgan fingerprint density at radius 2 is 1.94 bits per heavy atom. The summed E-state index contributed by atoms with van der Waals surface area (Å²) in [6.07, 6.45) is 5.79. The van der Waals surface area contributed by atoms with Gasteiger partial charge in [0.15, 0.2) is 0 Å². The highest BCUT2D eigenvalue weighted by molar-refractivity contribution is 5.75. The lowest BCUT2D eigenvalue weighted by Gasteiger charge is -2.23. The van der Waals surface area contributed by atoms with E-state index in [4.69, 9.17) is 5.11 Å². The van der Waals surface area contributed by atoms with Gasteiger partial charge in [0.2, 0.25) is 0 Å². The van der Waals surface area contributed by atoms with E-state index in [1.54, 1.807) is 6.92 Å². The molecular weight excluding hydrogens is 232 g/mol. The number of hydrogen-bond donors (Lipinski definition) is 3. The molecule has 0 bridgehead atoms. The first-order valence-corrected chi connectivity index (χ1v) is 6.78. The van der Waals surface area contributed by atoms with E-state index < -0.39 is 11.9 Å². The summed E-state index contributed by atoms with van der Waals surface area (Å²) in [5.74, 6) is -0.949. The molecule has 0 aliphatic heterocycles. The zero-order valence-corrected chi connectivity index (χ0v) is 11.2. The zero-order valence-electron chi connectivity index (χ0n) is 11.2. The highest BCUT2D eigenvalue weighted by atomic mass is 16.4. The van der Waals surface area contributed by atoms with Gasteiger partial charge < -0.3 is 15.7 Å². The number of rotatable bonds is 4. The first-order valence-electron chi connectivity index (χ1n) is 6.78. The van der Waals surface area contributed by atoms with Crippen LogP contribution in [0.1, 0.15) is 46.0 Å². The smallest absolute Gasteiger partial charge is 0.315 e. The Hall–Kier alpha value is -1.26. The second kappa shape index (κ2) is 7.24. The molecule has 0 radical (unpaired) electrons. The van der Waals surface area contributed by atoms with Crippen molar-refractivity contribution in [3.63, 3.8) is 0 Å². The third kappa shape index (κ3) is 4.94. The number of aliphatic carboxylic acids is 1. The molecule has 0 aromatic heterocycles. The summed E-state index contributed by atoms with van der Waals surface area (Å²) < 4.78 is 0. The first kappa shape index (κ1) is 14.8. The van der Waals surface area contributed by atoms with Gasteiger partial charge in [-0.3, -0.25) is 4.79 Å². The molecule has 0 saturated heterocycles. The maximum atomic E-state index is 11.7. The molecule has 3 N–H and O–H groups in total. The van der Waals surface area contributed by atoms with E-state index in [1.165, 1.54) is 12.8 Å². The van der Waals surface area contributed by atoms with Crippen LogP contribution in [0.4, 0.5) is 4.79 Å². The second-order valence-corrected chi connectivity index (χ2v) is 5.32. The van der Waals surface area contributed by atoms with Gasteiger partial charge in [-0.15, -0.1) is 0 Å². The quantitative estimate of drug-likeness (QED) is 0.673. The van der Waals surface area contributed by atoms with Crippen molar-refractivity contribution in [1.29, 1.82) is 0 Å². The average molecular weight is 256 g/mol. The van der Waals surface area contributed by atoms with Gasteiger partial charge in [0.25, 0.3) is 0 Å². The summed E-state index contributed by atoms with van der Waals surface area (Å²) in [6.45, 7) is 3.91. The molecule has 0 spiro atoms. The number of carboxylic acid groups (broad SMARTS) is 1. The van der Waals surface area contributed by atoms with Crippen molar-refractivity contribution < 1.29 is 14.7 Å². The van der Waals surface area contributed by atoms with Crippen LogP contribution >= 0.6 is 0 Å². The molecule has 2 amide bonds. The Labute approximate surface area is 108 Å². The maximum Gasteiger partial charge on any atom is 0.315 e. The Morgan fingerprint density at radius 3 is 2.61 bits per heavy atom. The summed E-state index contributed by atoms with van der Waals surface area (Å²) in [4.78, 5) is 22.3. The van der Waals surface area contributed by atoms with E-state index in [1.807, 2.05) is 0 Å². The third-order valence-corrected chi connectivity index (χ3v) is 3.67.